The molecule has 6 nitrogen and oxygen atoms in total. The lowest BCUT2D eigenvalue weighted by atomic mass is 10.0. The number of hydrogen-bond donors (Lipinski definition) is 3. The van der Waals surface area contributed by atoms with Crippen molar-refractivity contribution in [2.24, 2.45) is 5.92 Å². The summed E-state index contributed by atoms with van der Waals surface area (Å²) < 4.78 is 5.14. The first-order valence-corrected chi connectivity index (χ1v) is 7.24. The van der Waals surface area contributed by atoms with Crippen LogP contribution in [0.1, 0.15) is 38.9 Å². The molecule has 1 amide bonds. The Balaban J connectivity index is 2.13. The maximum absolute atomic E-state index is 11.8. The second-order valence-corrected chi connectivity index (χ2v) is 5.30. The van der Waals surface area contributed by atoms with Gasteiger partial charge in [-0.2, -0.15) is 0 Å². The number of carboxylic acids is 1. The van der Waals surface area contributed by atoms with E-state index >= 15 is 0 Å². The summed E-state index contributed by atoms with van der Waals surface area (Å²) in [4.78, 5) is 22.3. The van der Waals surface area contributed by atoms with Crippen molar-refractivity contribution in [1.82, 2.24) is 10.6 Å². The molecule has 2 unspecified atom stereocenters. The van der Waals surface area contributed by atoms with E-state index in [2.05, 4.69) is 10.6 Å². The Morgan fingerprint density at radius 3 is 2.71 bits per heavy atom. The third-order valence-electron chi connectivity index (χ3n) is 3.35. The van der Waals surface area contributed by atoms with Crippen LogP contribution in [0, 0.1) is 5.92 Å². The van der Waals surface area contributed by atoms with Crippen LogP contribution in [0.15, 0.2) is 22.8 Å². The number of hydrogen-bond acceptors (Lipinski definition) is 4. The van der Waals surface area contributed by atoms with Crippen LogP contribution in [0.2, 0.25) is 0 Å². The van der Waals surface area contributed by atoms with Crippen molar-refractivity contribution in [2.45, 2.75) is 45.7 Å². The Hall–Kier alpha value is -1.82. The molecule has 21 heavy (non-hydrogen) atoms. The van der Waals surface area contributed by atoms with Gasteiger partial charge in [0, 0.05) is 6.42 Å². The summed E-state index contributed by atoms with van der Waals surface area (Å²) in [5, 5.41) is 14.5. The zero-order valence-electron chi connectivity index (χ0n) is 12.6. The number of furan rings is 1. The fourth-order valence-electron chi connectivity index (χ4n) is 1.89. The number of nitrogens with one attached hydrogen (secondary N) is 2. The maximum atomic E-state index is 11.8. The molecule has 0 saturated heterocycles. The van der Waals surface area contributed by atoms with Gasteiger partial charge in [0.05, 0.1) is 18.8 Å². The molecule has 1 rings (SSSR count). The monoisotopic (exact) mass is 296 g/mol. The number of amides is 1. The molecule has 6 heteroatoms. The van der Waals surface area contributed by atoms with E-state index in [0.29, 0.717) is 25.4 Å². The second kappa shape index (κ2) is 9.18. The molecular formula is C15H24N2O4. The highest BCUT2D eigenvalue weighted by Gasteiger charge is 2.13. The van der Waals surface area contributed by atoms with Gasteiger partial charge in [-0.1, -0.05) is 6.92 Å². The zero-order chi connectivity index (χ0) is 15.7. The summed E-state index contributed by atoms with van der Waals surface area (Å²) >= 11 is 0. The van der Waals surface area contributed by atoms with Gasteiger partial charge in [0.1, 0.15) is 5.76 Å². The predicted molar refractivity (Wildman–Crippen MR) is 78.7 cm³/mol. The van der Waals surface area contributed by atoms with E-state index in [0.717, 1.165) is 12.2 Å². The highest BCUT2D eigenvalue weighted by Crippen LogP contribution is 2.09. The Kier molecular flexibility index (Phi) is 7.53. The third-order valence-corrected chi connectivity index (χ3v) is 3.35. The maximum Gasteiger partial charge on any atom is 0.303 e. The molecule has 0 radical (unpaired) electrons. The lowest BCUT2D eigenvalue weighted by Crippen LogP contribution is -2.42. The molecule has 0 saturated carbocycles. The van der Waals surface area contributed by atoms with Crippen LogP contribution in [-0.2, 0) is 16.1 Å². The molecule has 1 aromatic heterocycles. The molecule has 0 aliphatic rings. The number of aliphatic carboxylic acids is 1. The van der Waals surface area contributed by atoms with Gasteiger partial charge in [-0.15, -0.1) is 0 Å². The highest BCUT2D eigenvalue weighted by molar-refractivity contribution is 5.81. The smallest absolute Gasteiger partial charge is 0.303 e. The quantitative estimate of drug-likeness (QED) is 0.612. The van der Waals surface area contributed by atoms with Gasteiger partial charge in [0.2, 0.25) is 5.91 Å². The molecule has 0 fully saturated rings. The molecule has 0 aliphatic carbocycles. The number of carbonyl (C=O) groups is 2. The Morgan fingerprint density at radius 1 is 1.33 bits per heavy atom. The minimum absolute atomic E-state index is 0.0791. The van der Waals surface area contributed by atoms with Crippen LogP contribution in [-0.4, -0.2) is 29.6 Å². The van der Waals surface area contributed by atoms with Gasteiger partial charge in [-0.05, 0) is 44.4 Å². The van der Waals surface area contributed by atoms with E-state index < -0.39 is 5.97 Å². The van der Waals surface area contributed by atoms with Crippen molar-refractivity contribution in [2.75, 3.05) is 6.54 Å². The van der Waals surface area contributed by atoms with Gasteiger partial charge in [0.25, 0.3) is 0 Å². The molecule has 0 spiro atoms. The van der Waals surface area contributed by atoms with E-state index in [1.165, 1.54) is 0 Å². The minimum atomic E-state index is -0.763. The fourth-order valence-corrected chi connectivity index (χ4v) is 1.89. The Bertz CT molecular complexity index is 431. The van der Waals surface area contributed by atoms with Crippen LogP contribution in [0.5, 0.6) is 0 Å². The van der Waals surface area contributed by atoms with Crippen molar-refractivity contribution >= 4 is 11.9 Å². The van der Waals surface area contributed by atoms with Crippen LogP contribution < -0.4 is 10.6 Å². The number of carboxylic acid groups (broad SMARTS) is 1. The second-order valence-electron chi connectivity index (χ2n) is 5.30. The molecule has 0 aromatic carbocycles. The molecule has 118 valence electrons. The van der Waals surface area contributed by atoms with Gasteiger partial charge < -0.3 is 20.2 Å². The molecule has 1 aromatic rings. The minimum Gasteiger partial charge on any atom is -0.481 e. The normalized spacial score (nSPS) is 13.6. The van der Waals surface area contributed by atoms with Crippen molar-refractivity contribution < 1.29 is 19.1 Å². The van der Waals surface area contributed by atoms with Crippen LogP contribution in [0.25, 0.3) is 0 Å². The summed E-state index contributed by atoms with van der Waals surface area (Å²) in [7, 11) is 0. The summed E-state index contributed by atoms with van der Waals surface area (Å²) in [6.45, 7) is 4.90. The average Bonchev–Trinajstić information content (AvgIpc) is 2.95. The lowest BCUT2D eigenvalue weighted by Gasteiger charge is -2.15. The first-order valence-electron chi connectivity index (χ1n) is 7.24. The van der Waals surface area contributed by atoms with Crippen LogP contribution in [0.3, 0.4) is 0 Å². The van der Waals surface area contributed by atoms with Crippen molar-refractivity contribution in [3.8, 4) is 0 Å². The van der Waals surface area contributed by atoms with Crippen LogP contribution >= 0.6 is 0 Å². The van der Waals surface area contributed by atoms with E-state index in [1.54, 1.807) is 19.3 Å². The predicted octanol–water partition coefficient (Wildman–Crippen LogP) is 1.76. The third kappa shape index (κ3) is 7.51. The van der Waals surface area contributed by atoms with Gasteiger partial charge in [-0.3, -0.25) is 9.59 Å². The average molecular weight is 296 g/mol. The lowest BCUT2D eigenvalue weighted by molar-refractivity contribution is -0.137. The first-order chi connectivity index (χ1) is 9.99. The molecule has 0 bridgehead atoms. The van der Waals surface area contributed by atoms with E-state index in [9.17, 15) is 9.59 Å². The molecular weight excluding hydrogens is 272 g/mol. The van der Waals surface area contributed by atoms with E-state index in [4.69, 9.17) is 9.52 Å². The molecule has 3 N–H and O–H groups in total. The van der Waals surface area contributed by atoms with E-state index in [1.807, 2.05) is 13.0 Å². The van der Waals surface area contributed by atoms with Gasteiger partial charge in [-0.25, -0.2) is 0 Å². The topological polar surface area (TPSA) is 91.6 Å². The fraction of sp³-hybridized carbons (Fsp3) is 0.600. The summed E-state index contributed by atoms with van der Waals surface area (Å²) in [5.74, 6) is 0.204. The van der Waals surface area contributed by atoms with Gasteiger partial charge in [0.15, 0.2) is 0 Å². The van der Waals surface area contributed by atoms with Gasteiger partial charge >= 0.3 is 5.97 Å². The summed E-state index contributed by atoms with van der Waals surface area (Å²) in [6.07, 6.45) is 3.28. The summed E-state index contributed by atoms with van der Waals surface area (Å²) in [6, 6.07) is 3.30. The molecule has 2 atom stereocenters. The first kappa shape index (κ1) is 17.2. The number of carbonyl (C=O) groups excluding carboxylic acids is 1. The van der Waals surface area contributed by atoms with Crippen molar-refractivity contribution in [3.05, 3.63) is 24.2 Å². The number of rotatable bonds is 10. The Morgan fingerprint density at radius 2 is 2.10 bits per heavy atom. The van der Waals surface area contributed by atoms with Crippen molar-refractivity contribution in [3.63, 3.8) is 0 Å². The van der Waals surface area contributed by atoms with E-state index in [-0.39, 0.29) is 18.4 Å². The van der Waals surface area contributed by atoms with Crippen LogP contribution in [0.4, 0.5) is 0 Å². The molecule has 0 aliphatic heterocycles. The SMILES string of the molecule is CC(CCNC(C)C(=O)NCc1ccco1)CCC(=O)O. The van der Waals surface area contributed by atoms with Crippen molar-refractivity contribution in [1.29, 1.82) is 0 Å². The zero-order valence-corrected chi connectivity index (χ0v) is 12.6. The largest absolute Gasteiger partial charge is 0.481 e. The highest BCUT2D eigenvalue weighted by atomic mass is 16.4. The Labute approximate surface area is 124 Å². The summed E-state index contributed by atoms with van der Waals surface area (Å²) in [5.41, 5.74) is 0. The standard InChI is InChI=1S/C15H24N2O4/c1-11(5-6-14(18)19)7-8-16-12(2)15(20)17-10-13-4-3-9-21-13/h3-4,9,11-12,16H,5-8,10H2,1-2H3,(H,17,20)(H,18,19). The molecule has 1 heterocycles.